The molecule has 0 aliphatic heterocycles. The highest BCUT2D eigenvalue weighted by molar-refractivity contribution is 7.14. The van der Waals surface area contributed by atoms with Gasteiger partial charge in [0.05, 0.1) is 24.1 Å². The molecule has 0 saturated heterocycles. The van der Waals surface area contributed by atoms with Gasteiger partial charge in [0.1, 0.15) is 5.76 Å². The van der Waals surface area contributed by atoms with Crippen molar-refractivity contribution in [2.75, 3.05) is 13.7 Å². The first-order chi connectivity index (χ1) is 11.5. The molecule has 0 spiro atoms. The number of carbonyl (C=O) groups is 3. The Kier molecular flexibility index (Phi) is 6.31. The highest BCUT2D eigenvalue weighted by Gasteiger charge is 2.15. The molecule has 0 fully saturated rings. The summed E-state index contributed by atoms with van der Waals surface area (Å²) in [6.07, 6.45) is 1.57. The van der Waals surface area contributed by atoms with Gasteiger partial charge in [-0.15, -0.1) is 11.3 Å². The summed E-state index contributed by atoms with van der Waals surface area (Å²) in [4.78, 5) is 38.5. The predicted molar refractivity (Wildman–Crippen MR) is 88.8 cm³/mol. The lowest BCUT2D eigenvalue weighted by molar-refractivity contribution is -0.151. The third kappa shape index (κ3) is 5.34. The first-order valence-electron chi connectivity index (χ1n) is 7.47. The zero-order chi connectivity index (χ0) is 17.5. The maximum absolute atomic E-state index is 11.9. The Morgan fingerprint density at radius 2 is 2.00 bits per heavy atom. The number of furan rings is 1. The molecule has 2 heterocycles. The zero-order valence-electron chi connectivity index (χ0n) is 13.6. The van der Waals surface area contributed by atoms with Crippen LogP contribution in [0, 0.1) is 6.92 Å². The number of thiophene rings is 1. The van der Waals surface area contributed by atoms with E-state index >= 15 is 0 Å². The Bertz CT molecular complexity index is 704. The van der Waals surface area contributed by atoms with Gasteiger partial charge in [-0.1, -0.05) is 0 Å². The molecule has 0 aliphatic rings. The molecule has 2 rings (SSSR count). The number of ketones is 1. The number of nitrogens with zero attached hydrogens (tertiary/aromatic N) is 1. The summed E-state index contributed by atoms with van der Waals surface area (Å²) in [5.41, 5.74) is 0. The summed E-state index contributed by atoms with van der Waals surface area (Å²) in [7, 11) is 1.60. The van der Waals surface area contributed by atoms with Crippen LogP contribution in [-0.2, 0) is 20.9 Å². The molecule has 0 aliphatic carbocycles. The molecular formula is C17H19NO5S. The topological polar surface area (TPSA) is 76.8 Å². The van der Waals surface area contributed by atoms with Crippen LogP contribution in [0.1, 0.15) is 33.2 Å². The third-order valence-electron chi connectivity index (χ3n) is 3.33. The highest BCUT2D eigenvalue weighted by Crippen LogP contribution is 2.17. The van der Waals surface area contributed by atoms with Crippen LogP contribution in [0.2, 0.25) is 0 Å². The van der Waals surface area contributed by atoms with Gasteiger partial charge in [-0.2, -0.15) is 0 Å². The average molecular weight is 349 g/mol. The largest absolute Gasteiger partial charge is 0.467 e. The van der Waals surface area contributed by atoms with Crippen molar-refractivity contribution in [2.45, 2.75) is 26.3 Å². The second-order valence-electron chi connectivity index (χ2n) is 5.32. The quantitative estimate of drug-likeness (QED) is 0.541. The van der Waals surface area contributed by atoms with Crippen LogP contribution in [0.25, 0.3) is 0 Å². The number of ether oxygens (including phenoxy) is 1. The summed E-state index contributed by atoms with van der Waals surface area (Å²) >= 11 is 1.40. The molecule has 7 heteroatoms. The lowest BCUT2D eigenvalue weighted by Crippen LogP contribution is -2.30. The monoisotopic (exact) mass is 349 g/mol. The molecule has 6 nitrogen and oxygen atoms in total. The molecule has 0 aromatic carbocycles. The number of hydrogen-bond acceptors (Lipinski definition) is 6. The van der Waals surface area contributed by atoms with Gasteiger partial charge in [0.2, 0.25) is 0 Å². The molecule has 1 amide bonds. The molecule has 128 valence electrons. The molecule has 24 heavy (non-hydrogen) atoms. The van der Waals surface area contributed by atoms with Crippen molar-refractivity contribution in [3.05, 3.63) is 46.0 Å². The van der Waals surface area contributed by atoms with E-state index in [2.05, 4.69) is 0 Å². The van der Waals surface area contributed by atoms with E-state index < -0.39 is 5.97 Å². The van der Waals surface area contributed by atoms with Gasteiger partial charge in [0.15, 0.2) is 12.4 Å². The maximum Gasteiger partial charge on any atom is 0.306 e. The summed E-state index contributed by atoms with van der Waals surface area (Å²) < 4.78 is 10.1. The molecular weight excluding hydrogens is 330 g/mol. The molecule has 0 atom stereocenters. The fraction of sp³-hybridized carbons (Fsp3) is 0.353. The smallest absolute Gasteiger partial charge is 0.306 e. The second kappa shape index (κ2) is 8.44. The van der Waals surface area contributed by atoms with Crippen LogP contribution in [0.3, 0.4) is 0 Å². The molecule has 2 aromatic heterocycles. The van der Waals surface area contributed by atoms with E-state index in [0.717, 1.165) is 4.88 Å². The minimum atomic E-state index is -0.559. The van der Waals surface area contributed by atoms with Crippen LogP contribution in [-0.4, -0.2) is 36.2 Å². The Morgan fingerprint density at radius 3 is 2.62 bits per heavy atom. The Balaban J connectivity index is 1.68. The third-order valence-corrected chi connectivity index (χ3v) is 4.37. The van der Waals surface area contributed by atoms with Crippen molar-refractivity contribution in [1.82, 2.24) is 4.90 Å². The van der Waals surface area contributed by atoms with Gasteiger partial charge in [-0.05, 0) is 31.2 Å². The van der Waals surface area contributed by atoms with Crippen LogP contribution < -0.4 is 0 Å². The van der Waals surface area contributed by atoms with Gasteiger partial charge in [0, 0.05) is 18.3 Å². The minimum Gasteiger partial charge on any atom is -0.467 e. The van der Waals surface area contributed by atoms with E-state index in [4.69, 9.17) is 9.15 Å². The van der Waals surface area contributed by atoms with Gasteiger partial charge in [0.25, 0.3) is 5.91 Å². The lowest BCUT2D eigenvalue weighted by atomic mass is 10.2. The van der Waals surface area contributed by atoms with Crippen LogP contribution >= 0.6 is 11.3 Å². The number of carbonyl (C=O) groups excluding carboxylic acids is 3. The fourth-order valence-corrected chi connectivity index (χ4v) is 2.81. The number of likely N-dealkylation sites (N-methyl/N-ethyl adjacent to an activating group) is 1. The standard InChI is InChI=1S/C17H19NO5S/c1-12-5-7-15(24-12)14(19)6-8-17(21)23-11-16(20)18(2)10-13-4-3-9-22-13/h3-5,7,9H,6,8,10-11H2,1-2H3. The average Bonchev–Trinajstić information content (AvgIpc) is 3.21. The van der Waals surface area contributed by atoms with Crippen molar-refractivity contribution in [3.8, 4) is 0 Å². The number of esters is 1. The van der Waals surface area contributed by atoms with E-state index in [1.165, 1.54) is 22.5 Å². The zero-order valence-corrected chi connectivity index (χ0v) is 14.4. The van der Waals surface area contributed by atoms with Crippen molar-refractivity contribution in [1.29, 1.82) is 0 Å². The fourth-order valence-electron chi connectivity index (χ4n) is 1.97. The number of rotatable bonds is 8. The second-order valence-corrected chi connectivity index (χ2v) is 6.61. The van der Waals surface area contributed by atoms with Crippen LogP contribution in [0.4, 0.5) is 0 Å². The Labute approximate surface area is 144 Å². The number of amides is 1. The summed E-state index contributed by atoms with van der Waals surface area (Å²) in [6, 6.07) is 7.11. The Hall–Kier alpha value is -2.41. The molecule has 0 bridgehead atoms. The first-order valence-corrected chi connectivity index (χ1v) is 8.29. The molecule has 0 unspecified atom stereocenters. The van der Waals surface area contributed by atoms with Crippen LogP contribution in [0.5, 0.6) is 0 Å². The molecule has 2 aromatic rings. The minimum absolute atomic E-state index is 0.0367. The van der Waals surface area contributed by atoms with Crippen molar-refractivity contribution in [3.63, 3.8) is 0 Å². The van der Waals surface area contributed by atoms with E-state index in [1.807, 2.05) is 13.0 Å². The van der Waals surface area contributed by atoms with Crippen molar-refractivity contribution >= 4 is 29.0 Å². The summed E-state index contributed by atoms with van der Waals surface area (Å²) in [5.74, 6) is -0.336. The van der Waals surface area contributed by atoms with Gasteiger partial charge < -0.3 is 14.1 Å². The van der Waals surface area contributed by atoms with E-state index in [-0.39, 0.29) is 31.1 Å². The van der Waals surface area contributed by atoms with Crippen molar-refractivity contribution in [2.24, 2.45) is 0 Å². The van der Waals surface area contributed by atoms with Crippen molar-refractivity contribution < 1.29 is 23.5 Å². The number of hydrogen-bond donors (Lipinski definition) is 0. The van der Waals surface area contributed by atoms with E-state index in [9.17, 15) is 14.4 Å². The lowest BCUT2D eigenvalue weighted by Gasteiger charge is -2.15. The molecule has 0 N–H and O–H groups in total. The normalized spacial score (nSPS) is 10.4. The highest BCUT2D eigenvalue weighted by atomic mass is 32.1. The Morgan fingerprint density at radius 1 is 1.21 bits per heavy atom. The summed E-state index contributed by atoms with van der Waals surface area (Å²) in [6.45, 7) is 1.88. The molecule has 0 saturated carbocycles. The number of Topliss-reactive ketones (excluding diaryl/α,β-unsaturated/α-hetero) is 1. The SMILES string of the molecule is Cc1ccc(C(=O)CCC(=O)OCC(=O)N(C)Cc2ccco2)s1. The summed E-state index contributed by atoms with van der Waals surface area (Å²) in [5, 5.41) is 0. The van der Waals surface area contributed by atoms with Gasteiger partial charge in [-0.3, -0.25) is 14.4 Å². The van der Waals surface area contributed by atoms with E-state index in [0.29, 0.717) is 17.2 Å². The van der Waals surface area contributed by atoms with Crippen LogP contribution in [0.15, 0.2) is 34.9 Å². The predicted octanol–water partition coefficient (Wildman–Crippen LogP) is 2.81. The number of aryl methyl sites for hydroxylation is 1. The van der Waals surface area contributed by atoms with E-state index in [1.54, 1.807) is 25.2 Å². The maximum atomic E-state index is 11.9. The molecule has 0 radical (unpaired) electrons. The first kappa shape index (κ1) is 17.9. The van der Waals surface area contributed by atoms with Gasteiger partial charge >= 0.3 is 5.97 Å². The van der Waals surface area contributed by atoms with Gasteiger partial charge in [-0.25, -0.2) is 0 Å².